The molecule has 104 valence electrons. The van der Waals surface area contributed by atoms with E-state index in [1.165, 1.54) is 11.8 Å². The normalized spacial score (nSPS) is 10.2. The lowest BCUT2D eigenvalue weighted by atomic mass is 10.2. The summed E-state index contributed by atoms with van der Waals surface area (Å²) in [5, 5.41) is 21.0. The molecule has 0 aliphatic heterocycles. The van der Waals surface area contributed by atoms with Crippen LogP contribution in [0, 0.1) is 0 Å². The predicted octanol–water partition coefficient (Wildman–Crippen LogP) is 2.49. The van der Waals surface area contributed by atoms with Crippen LogP contribution >= 0.6 is 11.8 Å². The second kappa shape index (κ2) is 6.93. The van der Waals surface area contributed by atoms with Crippen LogP contribution < -0.4 is 5.32 Å². The Balaban J connectivity index is 2.22. The third-order valence-corrected chi connectivity index (χ3v) is 3.81. The number of nitrogens with zero attached hydrogens (tertiary/aromatic N) is 1. The molecule has 2 aromatic rings. The van der Waals surface area contributed by atoms with Crippen molar-refractivity contribution in [1.82, 2.24) is 10.3 Å². The highest BCUT2D eigenvalue weighted by Crippen LogP contribution is 2.31. The van der Waals surface area contributed by atoms with Gasteiger partial charge < -0.3 is 15.5 Å². The first-order valence-corrected chi connectivity index (χ1v) is 6.79. The Labute approximate surface area is 120 Å². The van der Waals surface area contributed by atoms with Crippen LogP contribution in [0.2, 0.25) is 0 Å². The van der Waals surface area contributed by atoms with Gasteiger partial charge in [-0.1, -0.05) is 36.0 Å². The highest BCUT2D eigenvalue weighted by atomic mass is 32.2. The molecule has 5 nitrogen and oxygen atoms in total. The van der Waals surface area contributed by atoms with Crippen LogP contribution in [-0.2, 0) is 13.2 Å². The van der Waals surface area contributed by atoms with Crippen molar-refractivity contribution in [3.8, 4) is 0 Å². The van der Waals surface area contributed by atoms with Crippen LogP contribution in [0.1, 0.15) is 11.1 Å². The largest absolute Gasteiger partial charge is 0.465 e. The standard InChI is InChI=1S/C14H14N2O3S/c17-9-11-4-1-2-6-12(11)20-13-10(5-3-7-15-13)8-16-14(18)19/h1-7,16-17H,8-9H2,(H,18,19). The van der Waals surface area contributed by atoms with Crippen molar-refractivity contribution < 1.29 is 15.0 Å². The van der Waals surface area contributed by atoms with E-state index in [9.17, 15) is 9.90 Å². The molecular weight excluding hydrogens is 276 g/mol. The molecule has 0 saturated carbocycles. The van der Waals surface area contributed by atoms with Gasteiger partial charge in [0.2, 0.25) is 0 Å². The fourth-order valence-corrected chi connectivity index (χ4v) is 2.66. The van der Waals surface area contributed by atoms with Gasteiger partial charge in [-0.15, -0.1) is 0 Å². The number of aromatic nitrogens is 1. The van der Waals surface area contributed by atoms with Gasteiger partial charge in [-0.3, -0.25) is 0 Å². The topological polar surface area (TPSA) is 82.5 Å². The molecule has 0 aliphatic rings. The molecule has 0 radical (unpaired) electrons. The smallest absolute Gasteiger partial charge is 0.404 e. The number of hydrogen-bond acceptors (Lipinski definition) is 4. The molecule has 0 bridgehead atoms. The fraction of sp³-hybridized carbons (Fsp3) is 0.143. The first kappa shape index (κ1) is 14.4. The van der Waals surface area contributed by atoms with E-state index in [0.717, 1.165) is 21.0 Å². The van der Waals surface area contributed by atoms with Crippen molar-refractivity contribution in [1.29, 1.82) is 0 Å². The molecule has 20 heavy (non-hydrogen) atoms. The first-order chi connectivity index (χ1) is 9.70. The average molecular weight is 290 g/mol. The van der Waals surface area contributed by atoms with Gasteiger partial charge in [0, 0.05) is 23.2 Å². The van der Waals surface area contributed by atoms with Crippen LogP contribution in [0.5, 0.6) is 0 Å². The quantitative estimate of drug-likeness (QED) is 0.788. The van der Waals surface area contributed by atoms with Gasteiger partial charge >= 0.3 is 6.09 Å². The molecule has 0 atom stereocenters. The van der Waals surface area contributed by atoms with Crippen LogP contribution in [0.3, 0.4) is 0 Å². The molecule has 6 heteroatoms. The van der Waals surface area contributed by atoms with E-state index in [0.29, 0.717) is 0 Å². The second-order valence-corrected chi connectivity index (χ2v) is 5.02. The number of carboxylic acid groups (broad SMARTS) is 1. The molecule has 0 saturated heterocycles. The lowest BCUT2D eigenvalue weighted by Crippen LogP contribution is -2.20. The van der Waals surface area contributed by atoms with Crippen molar-refractivity contribution >= 4 is 17.9 Å². The Morgan fingerprint density at radius 1 is 1.20 bits per heavy atom. The maximum absolute atomic E-state index is 10.6. The third kappa shape index (κ3) is 3.72. The zero-order chi connectivity index (χ0) is 14.4. The van der Waals surface area contributed by atoms with Crippen molar-refractivity contribution in [2.45, 2.75) is 23.1 Å². The summed E-state index contributed by atoms with van der Waals surface area (Å²) in [4.78, 5) is 15.8. The molecule has 1 amide bonds. The Kier molecular flexibility index (Phi) is 4.97. The zero-order valence-corrected chi connectivity index (χ0v) is 11.4. The number of amides is 1. The SMILES string of the molecule is O=C(O)NCc1cccnc1Sc1ccccc1CO. The summed E-state index contributed by atoms with van der Waals surface area (Å²) in [5.41, 5.74) is 1.62. The average Bonchev–Trinajstić information content (AvgIpc) is 2.47. The molecule has 0 fully saturated rings. The molecule has 1 aromatic heterocycles. The molecule has 1 aromatic carbocycles. The summed E-state index contributed by atoms with van der Waals surface area (Å²) in [5.74, 6) is 0. The number of benzene rings is 1. The summed E-state index contributed by atoms with van der Waals surface area (Å²) in [7, 11) is 0. The van der Waals surface area contributed by atoms with Gasteiger partial charge in [0.15, 0.2) is 0 Å². The second-order valence-electron chi connectivity index (χ2n) is 3.99. The number of hydrogen-bond donors (Lipinski definition) is 3. The van der Waals surface area contributed by atoms with E-state index in [1.54, 1.807) is 12.3 Å². The molecule has 1 heterocycles. The van der Waals surface area contributed by atoms with Crippen LogP contribution in [-0.4, -0.2) is 21.3 Å². The van der Waals surface area contributed by atoms with Crippen molar-refractivity contribution in [2.75, 3.05) is 0 Å². The van der Waals surface area contributed by atoms with E-state index in [4.69, 9.17) is 5.11 Å². The number of rotatable bonds is 5. The summed E-state index contributed by atoms with van der Waals surface area (Å²) < 4.78 is 0. The number of carbonyl (C=O) groups is 1. The van der Waals surface area contributed by atoms with Crippen molar-refractivity contribution in [3.05, 3.63) is 53.7 Å². The first-order valence-electron chi connectivity index (χ1n) is 5.98. The van der Waals surface area contributed by atoms with E-state index >= 15 is 0 Å². The Hall–Kier alpha value is -2.05. The number of aliphatic hydroxyl groups is 1. The molecule has 0 unspecified atom stereocenters. The van der Waals surface area contributed by atoms with Crippen molar-refractivity contribution in [2.24, 2.45) is 0 Å². The van der Waals surface area contributed by atoms with Crippen LogP contribution in [0.4, 0.5) is 4.79 Å². The van der Waals surface area contributed by atoms with Gasteiger partial charge in [-0.25, -0.2) is 9.78 Å². The predicted molar refractivity (Wildman–Crippen MR) is 75.6 cm³/mol. The maximum Gasteiger partial charge on any atom is 0.404 e. The molecule has 0 aliphatic carbocycles. The van der Waals surface area contributed by atoms with Gasteiger partial charge in [0.05, 0.1) is 6.61 Å². The fourth-order valence-electron chi connectivity index (χ4n) is 1.66. The van der Waals surface area contributed by atoms with Gasteiger partial charge in [0.25, 0.3) is 0 Å². The van der Waals surface area contributed by atoms with Crippen LogP contribution in [0.25, 0.3) is 0 Å². The van der Waals surface area contributed by atoms with Gasteiger partial charge in [-0.2, -0.15) is 0 Å². The lowest BCUT2D eigenvalue weighted by molar-refractivity contribution is 0.194. The monoisotopic (exact) mass is 290 g/mol. The maximum atomic E-state index is 10.6. The minimum absolute atomic E-state index is 0.0429. The summed E-state index contributed by atoms with van der Waals surface area (Å²) in [6.07, 6.45) is 0.592. The highest BCUT2D eigenvalue weighted by Gasteiger charge is 2.09. The van der Waals surface area contributed by atoms with E-state index < -0.39 is 6.09 Å². The molecule has 0 spiro atoms. The van der Waals surface area contributed by atoms with Gasteiger partial charge in [-0.05, 0) is 17.7 Å². The van der Waals surface area contributed by atoms with Crippen LogP contribution in [0.15, 0.2) is 52.5 Å². The summed E-state index contributed by atoms with van der Waals surface area (Å²) in [6.45, 7) is 0.158. The minimum atomic E-state index is -1.07. The molecular formula is C14H14N2O3S. The minimum Gasteiger partial charge on any atom is -0.465 e. The third-order valence-electron chi connectivity index (χ3n) is 2.63. The zero-order valence-electron chi connectivity index (χ0n) is 10.6. The van der Waals surface area contributed by atoms with E-state index in [1.807, 2.05) is 30.3 Å². The van der Waals surface area contributed by atoms with E-state index in [-0.39, 0.29) is 13.2 Å². The highest BCUT2D eigenvalue weighted by molar-refractivity contribution is 7.99. The Morgan fingerprint density at radius 3 is 2.70 bits per heavy atom. The Morgan fingerprint density at radius 2 is 1.95 bits per heavy atom. The summed E-state index contributed by atoms with van der Waals surface area (Å²) >= 11 is 1.41. The number of aliphatic hydroxyl groups excluding tert-OH is 1. The molecule has 2 rings (SSSR count). The number of nitrogens with one attached hydrogen (secondary N) is 1. The Bertz CT molecular complexity index is 604. The lowest BCUT2D eigenvalue weighted by Gasteiger charge is -2.10. The summed E-state index contributed by atoms with van der Waals surface area (Å²) in [6, 6.07) is 11.1. The van der Waals surface area contributed by atoms with Gasteiger partial charge in [0.1, 0.15) is 5.03 Å². The molecule has 3 N–H and O–H groups in total. The van der Waals surface area contributed by atoms with Crippen molar-refractivity contribution in [3.63, 3.8) is 0 Å². The van der Waals surface area contributed by atoms with E-state index in [2.05, 4.69) is 10.3 Å². The number of pyridine rings is 1.